The summed E-state index contributed by atoms with van der Waals surface area (Å²) in [5.41, 5.74) is 0. The van der Waals surface area contributed by atoms with Gasteiger partial charge in [0.05, 0.1) is 0 Å². The summed E-state index contributed by atoms with van der Waals surface area (Å²) < 4.78 is 0. The van der Waals surface area contributed by atoms with Gasteiger partial charge < -0.3 is 39.6 Å². The maximum absolute atomic E-state index is 10.1. The molecule has 0 amide bonds. The van der Waals surface area contributed by atoms with Crippen molar-refractivity contribution in [3.8, 4) is 0 Å². The molecule has 53 heavy (non-hydrogen) atoms. The van der Waals surface area contributed by atoms with Crippen molar-refractivity contribution in [2.75, 3.05) is 0 Å². The van der Waals surface area contributed by atoms with Crippen LogP contribution in [0, 0.1) is 0 Å². The fraction of sp³-hybridized carbons (Fsp3) is 0.727. The zero-order chi connectivity index (χ0) is 39.8. The Bertz CT molecular complexity index is 707. The maximum atomic E-state index is 10.1. The zero-order valence-electron chi connectivity index (χ0n) is 33.5. The Morgan fingerprint density at radius 3 is 0.547 bits per heavy atom. The molecule has 0 saturated carbocycles. The predicted molar refractivity (Wildman–Crippen MR) is 214 cm³/mol. The fourth-order valence-electron chi connectivity index (χ4n) is 5.06. The molecule has 0 bridgehead atoms. The Kier molecular flexibility index (Phi) is 63.7. The first-order chi connectivity index (χ1) is 25.1. The molecule has 0 aliphatic heterocycles. The molecule has 0 fully saturated rings. The molecule has 0 saturated heterocycles. The second kappa shape index (κ2) is 56.4. The van der Waals surface area contributed by atoms with Gasteiger partial charge in [-0.3, -0.25) is 0 Å². The summed E-state index contributed by atoms with van der Waals surface area (Å²) in [6, 6.07) is 0. The summed E-state index contributed by atoms with van der Waals surface area (Å²) in [6.07, 6.45) is 39.3. The number of unbranched alkanes of at least 4 members (excludes halogenated alkanes) is 24. The molecule has 0 aromatic rings. The third-order valence-electron chi connectivity index (χ3n) is 8.16. The Balaban J connectivity index is -0.000000192. The van der Waals surface area contributed by atoms with Crippen molar-refractivity contribution in [3.63, 3.8) is 0 Å². The van der Waals surface area contributed by atoms with Crippen molar-refractivity contribution in [2.24, 2.45) is 0 Å². The number of rotatable bonds is 36. The third kappa shape index (κ3) is 79.5. The van der Waals surface area contributed by atoms with Crippen LogP contribution in [0.1, 0.15) is 205 Å². The van der Waals surface area contributed by atoms with Crippen molar-refractivity contribution in [2.45, 2.75) is 205 Å². The van der Waals surface area contributed by atoms with Gasteiger partial charge in [0.15, 0.2) is 0 Å². The molecule has 0 rings (SSSR count). The van der Waals surface area contributed by atoms with Gasteiger partial charge in [-0.05, 0) is 103 Å². The standard InChI is InChI=1S/4C11H20O2.Sn/c4*1-2-3-4-5-6-7-8-9-10-11(12)13;/h4*2H,1,3-10H2,(H,12,13);/q;;;;+4/p-4. The molecule has 0 aliphatic carbocycles. The molecule has 0 spiro atoms. The Hall–Kier alpha value is -2.36. The zero-order valence-corrected chi connectivity index (χ0v) is 36.4. The van der Waals surface area contributed by atoms with E-state index in [4.69, 9.17) is 0 Å². The van der Waals surface area contributed by atoms with Gasteiger partial charge in [-0.25, -0.2) is 0 Å². The molecule has 304 valence electrons. The van der Waals surface area contributed by atoms with Crippen LogP contribution in [0.5, 0.6) is 0 Å². The second-order valence-electron chi connectivity index (χ2n) is 13.3. The summed E-state index contributed by atoms with van der Waals surface area (Å²) in [4.78, 5) is 40.2. The average Bonchev–Trinajstić information content (AvgIpc) is 3.10. The quantitative estimate of drug-likeness (QED) is 0.0351. The summed E-state index contributed by atoms with van der Waals surface area (Å²) in [7, 11) is 0. The number of hydrogen-bond donors (Lipinski definition) is 0. The minimum absolute atomic E-state index is 0. The van der Waals surface area contributed by atoms with Crippen LogP contribution in [-0.4, -0.2) is 47.8 Å². The minimum Gasteiger partial charge on any atom is -0.550 e. The van der Waals surface area contributed by atoms with E-state index in [1.54, 1.807) is 0 Å². The summed E-state index contributed by atoms with van der Waals surface area (Å²) in [6.45, 7) is 14.6. The Morgan fingerprint density at radius 2 is 0.415 bits per heavy atom. The third-order valence-corrected chi connectivity index (χ3v) is 8.16. The van der Waals surface area contributed by atoms with Gasteiger partial charge in [-0.15, -0.1) is 26.3 Å². The molecular weight excluding hydrogens is 775 g/mol. The molecule has 0 aromatic carbocycles. The Morgan fingerprint density at radius 1 is 0.283 bits per heavy atom. The van der Waals surface area contributed by atoms with E-state index in [0.717, 1.165) is 103 Å². The van der Waals surface area contributed by atoms with Crippen LogP contribution in [0.15, 0.2) is 50.6 Å². The molecule has 0 heterocycles. The fourth-order valence-corrected chi connectivity index (χ4v) is 5.06. The number of carboxylic acid groups (broad SMARTS) is 4. The van der Waals surface area contributed by atoms with Gasteiger partial charge in [-0.2, -0.15) is 0 Å². The van der Waals surface area contributed by atoms with Crippen LogP contribution in [0.2, 0.25) is 0 Å². The van der Waals surface area contributed by atoms with Crippen LogP contribution < -0.4 is 20.4 Å². The molecular formula is C44H76O8Sn. The first-order valence-electron chi connectivity index (χ1n) is 20.3. The minimum atomic E-state index is -0.924. The van der Waals surface area contributed by atoms with E-state index in [9.17, 15) is 39.6 Å². The van der Waals surface area contributed by atoms with Crippen molar-refractivity contribution in [3.05, 3.63) is 50.6 Å². The Labute approximate surface area is 342 Å². The van der Waals surface area contributed by atoms with Crippen LogP contribution in [0.4, 0.5) is 0 Å². The molecule has 0 aliphatic rings. The summed E-state index contributed by atoms with van der Waals surface area (Å²) in [5, 5.41) is 40.2. The second-order valence-corrected chi connectivity index (χ2v) is 13.3. The van der Waals surface area contributed by atoms with E-state index in [1.807, 2.05) is 24.3 Å². The number of hydrogen-bond acceptors (Lipinski definition) is 8. The van der Waals surface area contributed by atoms with E-state index in [2.05, 4.69) is 26.3 Å². The number of carbonyl (C=O) groups is 4. The van der Waals surface area contributed by atoms with E-state index < -0.39 is 23.9 Å². The van der Waals surface area contributed by atoms with Gasteiger partial charge in [0.1, 0.15) is 0 Å². The predicted octanol–water partition coefficient (Wildman–Crippen LogP) is 7.79. The van der Waals surface area contributed by atoms with Crippen LogP contribution in [-0.2, 0) is 19.2 Å². The van der Waals surface area contributed by atoms with Gasteiger partial charge in [0, 0.05) is 23.9 Å². The van der Waals surface area contributed by atoms with Crippen LogP contribution in [0.3, 0.4) is 0 Å². The first-order valence-corrected chi connectivity index (χ1v) is 20.3. The van der Waals surface area contributed by atoms with E-state index in [1.165, 1.54) is 77.0 Å². The van der Waals surface area contributed by atoms with Crippen molar-refractivity contribution in [1.82, 2.24) is 0 Å². The van der Waals surface area contributed by atoms with Gasteiger partial charge in [-0.1, -0.05) is 127 Å². The molecule has 0 radical (unpaired) electrons. The smallest absolute Gasteiger partial charge is 0.550 e. The normalized spacial score (nSPS) is 9.66. The topological polar surface area (TPSA) is 161 Å². The van der Waals surface area contributed by atoms with Crippen LogP contribution in [0.25, 0.3) is 0 Å². The maximum Gasteiger partial charge on any atom is 4.00 e. The molecule has 0 aromatic heterocycles. The average molecular weight is 852 g/mol. The largest absolute Gasteiger partial charge is 4.00 e. The molecule has 9 heteroatoms. The van der Waals surface area contributed by atoms with Crippen molar-refractivity contribution < 1.29 is 39.6 Å². The number of allylic oxidation sites excluding steroid dienone is 4. The van der Waals surface area contributed by atoms with Gasteiger partial charge in [0.25, 0.3) is 0 Å². The van der Waals surface area contributed by atoms with E-state index >= 15 is 0 Å². The van der Waals surface area contributed by atoms with E-state index in [-0.39, 0.29) is 49.6 Å². The van der Waals surface area contributed by atoms with Gasteiger partial charge in [0.2, 0.25) is 0 Å². The first kappa shape index (κ1) is 59.9. The van der Waals surface area contributed by atoms with Crippen LogP contribution >= 0.6 is 0 Å². The number of aliphatic carboxylic acids is 4. The SMILES string of the molecule is C=CCCCCCCCCC(=O)[O-].C=CCCCCCCCCC(=O)[O-].C=CCCCCCCCCC(=O)[O-].C=CCCCCCCCCC(=O)[O-].[Sn+4]. The van der Waals surface area contributed by atoms with Crippen molar-refractivity contribution >= 4 is 47.8 Å². The van der Waals surface area contributed by atoms with Crippen molar-refractivity contribution in [1.29, 1.82) is 0 Å². The van der Waals surface area contributed by atoms with E-state index in [0.29, 0.717) is 0 Å². The number of carboxylic acids is 4. The number of carbonyl (C=O) groups excluding carboxylic acids is 4. The summed E-state index contributed by atoms with van der Waals surface area (Å²) in [5.74, 6) is -3.70. The molecule has 0 atom stereocenters. The molecule has 0 N–H and O–H groups in total. The molecule has 8 nitrogen and oxygen atoms in total. The molecule has 0 unspecified atom stereocenters. The monoisotopic (exact) mass is 852 g/mol. The summed E-state index contributed by atoms with van der Waals surface area (Å²) >= 11 is 0. The van der Waals surface area contributed by atoms with Gasteiger partial charge >= 0.3 is 23.9 Å².